The van der Waals surface area contributed by atoms with E-state index in [1.807, 2.05) is 13.8 Å². The van der Waals surface area contributed by atoms with Gasteiger partial charge in [0, 0.05) is 11.9 Å². The van der Waals surface area contributed by atoms with Crippen molar-refractivity contribution in [2.75, 3.05) is 6.61 Å². The normalized spacial score (nSPS) is 9.69. The predicted molar refractivity (Wildman–Crippen MR) is 50.7 cm³/mol. The highest BCUT2D eigenvalue weighted by atomic mass is 16.5. The summed E-state index contributed by atoms with van der Waals surface area (Å²) in [7, 11) is 0. The minimum absolute atomic E-state index is 0.253. The Morgan fingerprint density at radius 1 is 1.69 bits per heavy atom. The van der Waals surface area contributed by atoms with Gasteiger partial charge in [0.15, 0.2) is 0 Å². The third kappa shape index (κ3) is 1.99. The second-order valence-electron chi connectivity index (χ2n) is 2.86. The van der Waals surface area contributed by atoms with Gasteiger partial charge in [0.05, 0.1) is 5.56 Å². The average molecular weight is 179 g/mol. The molecule has 3 nitrogen and oxygen atoms in total. The second-order valence-corrected chi connectivity index (χ2v) is 2.86. The topological polar surface area (TPSA) is 42.1 Å². The Labute approximate surface area is 77.4 Å². The van der Waals surface area contributed by atoms with Gasteiger partial charge in [0.1, 0.15) is 6.61 Å². The summed E-state index contributed by atoms with van der Waals surface area (Å²) in [6.07, 6.45) is 3.34. The number of esters is 1. The summed E-state index contributed by atoms with van der Waals surface area (Å²) in [4.78, 5) is 14.4. The van der Waals surface area contributed by atoms with E-state index in [2.05, 4.69) is 11.6 Å². The smallest absolute Gasteiger partial charge is 0.340 e. The zero-order valence-electron chi connectivity index (χ0n) is 7.89. The number of hydrogen-bond donors (Lipinski definition) is 1. The first-order valence-electron chi connectivity index (χ1n) is 4.09. The molecule has 0 fully saturated rings. The lowest BCUT2D eigenvalue weighted by Gasteiger charge is -2.01. The molecule has 0 aliphatic carbocycles. The lowest BCUT2D eigenvalue weighted by Crippen LogP contribution is -2.06. The molecule has 0 aromatic carbocycles. The Balaban J connectivity index is 2.81. The minimum Gasteiger partial charge on any atom is -0.458 e. The van der Waals surface area contributed by atoms with Crippen LogP contribution in [-0.2, 0) is 4.74 Å². The quantitative estimate of drug-likeness (QED) is 0.569. The molecule has 0 spiro atoms. The van der Waals surface area contributed by atoms with Gasteiger partial charge < -0.3 is 9.72 Å². The molecule has 1 aromatic heterocycles. The van der Waals surface area contributed by atoms with E-state index in [1.54, 1.807) is 12.3 Å². The molecule has 3 heteroatoms. The molecular formula is C10H13NO2. The van der Waals surface area contributed by atoms with Crippen molar-refractivity contribution in [3.05, 3.63) is 35.7 Å². The van der Waals surface area contributed by atoms with Crippen molar-refractivity contribution in [2.24, 2.45) is 0 Å². The zero-order chi connectivity index (χ0) is 9.84. The highest BCUT2D eigenvalue weighted by molar-refractivity contribution is 5.92. The van der Waals surface area contributed by atoms with Gasteiger partial charge in [-0.15, -0.1) is 0 Å². The van der Waals surface area contributed by atoms with Gasteiger partial charge in [-0.05, 0) is 19.4 Å². The maximum atomic E-state index is 11.4. The van der Waals surface area contributed by atoms with Gasteiger partial charge in [-0.1, -0.05) is 12.7 Å². The number of aromatic nitrogens is 1. The van der Waals surface area contributed by atoms with Crippen molar-refractivity contribution in [1.29, 1.82) is 0 Å². The van der Waals surface area contributed by atoms with Gasteiger partial charge in [-0.2, -0.15) is 0 Å². The lowest BCUT2D eigenvalue weighted by molar-refractivity contribution is 0.0548. The molecule has 0 saturated heterocycles. The lowest BCUT2D eigenvalue weighted by atomic mass is 10.2. The third-order valence-corrected chi connectivity index (χ3v) is 1.81. The first-order chi connectivity index (χ1) is 6.16. The van der Waals surface area contributed by atoms with E-state index in [4.69, 9.17) is 4.74 Å². The summed E-state index contributed by atoms with van der Waals surface area (Å²) in [5.41, 5.74) is 2.37. The van der Waals surface area contributed by atoms with Crippen LogP contribution in [0.25, 0.3) is 0 Å². The number of carbonyl (C=O) groups is 1. The Morgan fingerprint density at radius 3 is 2.85 bits per heavy atom. The van der Waals surface area contributed by atoms with Crippen LogP contribution in [0, 0.1) is 13.8 Å². The van der Waals surface area contributed by atoms with Gasteiger partial charge >= 0.3 is 5.97 Å². The Morgan fingerprint density at radius 2 is 2.38 bits per heavy atom. The Hall–Kier alpha value is -1.51. The molecule has 13 heavy (non-hydrogen) atoms. The maximum Gasteiger partial charge on any atom is 0.340 e. The molecule has 0 unspecified atom stereocenters. The molecule has 0 amide bonds. The van der Waals surface area contributed by atoms with E-state index < -0.39 is 0 Å². The van der Waals surface area contributed by atoms with E-state index in [1.165, 1.54) is 0 Å². The summed E-state index contributed by atoms with van der Waals surface area (Å²) in [6.45, 7) is 7.44. The van der Waals surface area contributed by atoms with Crippen LogP contribution in [0.15, 0.2) is 18.9 Å². The number of ether oxygens (including phenoxy) is 1. The van der Waals surface area contributed by atoms with Crippen molar-refractivity contribution < 1.29 is 9.53 Å². The van der Waals surface area contributed by atoms with Crippen LogP contribution in [0.2, 0.25) is 0 Å². The zero-order valence-corrected chi connectivity index (χ0v) is 7.89. The number of nitrogens with one attached hydrogen (secondary N) is 1. The molecule has 0 bridgehead atoms. The van der Waals surface area contributed by atoms with Gasteiger partial charge in [0.25, 0.3) is 0 Å². The van der Waals surface area contributed by atoms with E-state index in [0.717, 1.165) is 11.3 Å². The Kier molecular flexibility index (Phi) is 2.90. The monoisotopic (exact) mass is 179 g/mol. The number of aryl methyl sites for hydroxylation is 2. The third-order valence-electron chi connectivity index (χ3n) is 1.81. The second kappa shape index (κ2) is 3.94. The minimum atomic E-state index is -0.295. The van der Waals surface area contributed by atoms with Crippen LogP contribution in [0.4, 0.5) is 0 Å². The Bertz CT molecular complexity index is 306. The number of carbonyl (C=O) groups excluding carboxylic acids is 1. The number of rotatable bonds is 3. The first kappa shape index (κ1) is 9.58. The summed E-state index contributed by atoms with van der Waals surface area (Å²) < 4.78 is 4.92. The molecule has 1 aromatic rings. The standard InChI is InChI=1S/C10H13NO2/c1-4-5-13-10(12)9-7(2)6-11-8(9)3/h4,6,11H,1,5H2,2-3H3. The van der Waals surface area contributed by atoms with Crippen molar-refractivity contribution >= 4 is 5.97 Å². The predicted octanol–water partition coefficient (Wildman–Crippen LogP) is 1.97. The molecule has 0 aliphatic rings. The van der Waals surface area contributed by atoms with Crippen molar-refractivity contribution in [3.8, 4) is 0 Å². The van der Waals surface area contributed by atoms with Crippen molar-refractivity contribution in [1.82, 2.24) is 4.98 Å². The molecule has 1 rings (SSSR count). The average Bonchev–Trinajstić information content (AvgIpc) is 2.42. The largest absolute Gasteiger partial charge is 0.458 e. The van der Waals surface area contributed by atoms with Crippen LogP contribution in [-0.4, -0.2) is 17.6 Å². The number of aromatic amines is 1. The fourth-order valence-corrected chi connectivity index (χ4v) is 1.18. The van der Waals surface area contributed by atoms with Crippen LogP contribution < -0.4 is 0 Å². The van der Waals surface area contributed by atoms with Crippen LogP contribution in [0.5, 0.6) is 0 Å². The number of H-pyrrole nitrogens is 1. The van der Waals surface area contributed by atoms with Crippen LogP contribution >= 0.6 is 0 Å². The first-order valence-corrected chi connectivity index (χ1v) is 4.09. The van der Waals surface area contributed by atoms with Crippen LogP contribution in [0.3, 0.4) is 0 Å². The highest BCUT2D eigenvalue weighted by Gasteiger charge is 2.13. The van der Waals surface area contributed by atoms with E-state index in [0.29, 0.717) is 5.56 Å². The molecule has 0 radical (unpaired) electrons. The van der Waals surface area contributed by atoms with Gasteiger partial charge in [0.2, 0.25) is 0 Å². The summed E-state index contributed by atoms with van der Waals surface area (Å²) in [5, 5.41) is 0. The molecule has 0 saturated carbocycles. The fourth-order valence-electron chi connectivity index (χ4n) is 1.18. The van der Waals surface area contributed by atoms with E-state index >= 15 is 0 Å². The molecule has 1 N–H and O–H groups in total. The van der Waals surface area contributed by atoms with E-state index in [9.17, 15) is 4.79 Å². The summed E-state index contributed by atoms with van der Waals surface area (Å²) >= 11 is 0. The van der Waals surface area contributed by atoms with Crippen molar-refractivity contribution in [2.45, 2.75) is 13.8 Å². The van der Waals surface area contributed by atoms with E-state index in [-0.39, 0.29) is 12.6 Å². The van der Waals surface area contributed by atoms with Crippen molar-refractivity contribution in [3.63, 3.8) is 0 Å². The molecular weight excluding hydrogens is 166 g/mol. The molecule has 70 valence electrons. The highest BCUT2D eigenvalue weighted by Crippen LogP contribution is 2.13. The fraction of sp³-hybridized carbons (Fsp3) is 0.300. The van der Waals surface area contributed by atoms with Gasteiger partial charge in [-0.25, -0.2) is 4.79 Å². The number of hydrogen-bond acceptors (Lipinski definition) is 2. The molecule has 1 heterocycles. The summed E-state index contributed by atoms with van der Waals surface area (Å²) in [5.74, 6) is -0.295. The van der Waals surface area contributed by atoms with Crippen LogP contribution in [0.1, 0.15) is 21.6 Å². The maximum absolute atomic E-state index is 11.4. The SMILES string of the molecule is C=CCOC(=O)c1c(C)c[nH]c1C. The molecule has 0 atom stereocenters. The van der Waals surface area contributed by atoms with Gasteiger partial charge in [-0.3, -0.25) is 0 Å². The molecule has 0 aliphatic heterocycles. The summed E-state index contributed by atoms with van der Waals surface area (Å²) in [6, 6.07) is 0.